The van der Waals surface area contributed by atoms with Gasteiger partial charge >= 0.3 is 0 Å². The Hall–Kier alpha value is -1.28. The van der Waals surface area contributed by atoms with Crippen LogP contribution in [0.2, 0.25) is 0 Å². The van der Waals surface area contributed by atoms with Crippen LogP contribution in [-0.2, 0) is 13.1 Å². The first-order chi connectivity index (χ1) is 9.61. The number of aromatic nitrogens is 1. The summed E-state index contributed by atoms with van der Waals surface area (Å²) in [4.78, 5) is 0. The third-order valence-electron chi connectivity index (χ3n) is 3.94. The number of fused-ring (bicyclic) bond motifs is 1. The Morgan fingerprint density at radius 2 is 1.90 bits per heavy atom. The summed E-state index contributed by atoms with van der Waals surface area (Å²) in [5.74, 6) is 1.42. The molecule has 1 aromatic heterocycles. The standard InChI is InChI=1S/C18H28N2/c1-5-15(4)12-20-13-16(11-19-10-14(2)3)17-8-6-7-9-18(17)20/h6-9,13-15,19H,5,10-12H2,1-4H3. The molecule has 0 amide bonds. The molecule has 20 heavy (non-hydrogen) atoms. The Bertz CT molecular complexity index is 539. The van der Waals surface area contributed by atoms with E-state index in [0.29, 0.717) is 5.92 Å². The zero-order valence-corrected chi connectivity index (χ0v) is 13.3. The summed E-state index contributed by atoms with van der Waals surface area (Å²) in [6.45, 7) is 12.2. The number of nitrogens with one attached hydrogen (secondary N) is 1. The van der Waals surface area contributed by atoms with Crippen LogP contribution in [0.3, 0.4) is 0 Å². The fourth-order valence-electron chi connectivity index (χ4n) is 2.58. The molecule has 0 aliphatic rings. The van der Waals surface area contributed by atoms with E-state index in [1.807, 2.05) is 0 Å². The van der Waals surface area contributed by atoms with Crippen molar-refractivity contribution in [3.8, 4) is 0 Å². The van der Waals surface area contributed by atoms with Gasteiger partial charge in [-0.3, -0.25) is 0 Å². The second-order valence-electron chi connectivity index (χ2n) is 6.36. The van der Waals surface area contributed by atoms with E-state index in [2.05, 4.69) is 68.0 Å². The average molecular weight is 272 g/mol. The van der Waals surface area contributed by atoms with Gasteiger partial charge in [0.2, 0.25) is 0 Å². The molecule has 0 saturated carbocycles. The second-order valence-corrected chi connectivity index (χ2v) is 6.36. The molecule has 0 spiro atoms. The van der Waals surface area contributed by atoms with Gasteiger partial charge in [-0.05, 0) is 30.0 Å². The van der Waals surface area contributed by atoms with Gasteiger partial charge in [0.15, 0.2) is 0 Å². The van der Waals surface area contributed by atoms with Crippen LogP contribution < -0.4 is 5.32 Å². The zero-order chi connectivity index (χ0) is 14.5. The van der Waals surface area contributed by atoms with Gasteiger partial charge in [-0.2, -0.15) is 0 Å². The normalized spacial score (nSPS) is 13.2. The van der Waals surface area contributed by atoms with Gasteiger partial charge in [-0.25, -0.2) is 0 Å². The van der Waals surface area contributed by atoms with Crippen LogP contribution in [0.1, 0.15) is 39.7 Å². The third-order valence-corrected chi connectivity index (χ3v) is 3.94. The molecule has 1 heterocycles. The van der Waals surface area contributed by atoms with Crippen molar-refractivity contribution in [2.45, 2.75) is 47.2 Å². The van der Waals surface area contributed by atoms with Crippen molar-refractivity contribution in [2.24, 2.45) is 11.8 Å². The Balaban J connectivity index is 2.21. The van der Waals surface area contributed by atoms with Crippen molar-refractivity contribution < 1.29 is 0 Å². The van der Waals surface area contributed by atoms with Gasteiger partial charge in [0.1, 0.15) is 0 Å². The molecule has 1 N–H and O–H groups in total. The van der Waals surface area contributed by atoms with Crippen molar-refractivity contribution in [1.82, 2.24) is 9.88 Å². The van der Waals surface area contributed by atoms with E-state index in [1.54, 1.807) is 0 Å². The van der Waals surface area contributed by atoms with E-state index in [4.69, 9.17) is 0 Å². The first kappa shape index (κ1) is 15.1. The van der Waals surface area contributed by atoms with Crippen molar-refractivity contribution in [2.75, 3.05) is 6.54 Å². The van der Waals surface area contributed by atoms with Crippen molar-refractivity contribution in [1.29, 1.82) is 0 Å². The van der Waals surface area contributed by atoms with Crippen LogP contribution in [0.5, 0.6) is 0 Å². The molecule has 1 unspecified atom stereocenters. The number of benzene rings is 1. The Labute approximate surface area is 123 Å². The van der Waals surface area contributed by atoms with E-state index in [-0.39, 0.29) is 0 Å². The highest BCUT2D eigenvalue weighted by atomic mass is 15.0. The lowest BCUT2D eigenvalue weighted by Gasteiger charge is -2.10. The molecule has 0 aliphatic heterocycles. The molecule has 2 rings (SSSR count). The molecule has 2 nitrogen and oxygen atoms in total. The lowest BCUT2D eigenvalue weighted by Crippen LogP contribution is -2.18. The van der Waals surface area contributed by atoms with Crippen LogP contribution in [0.4, 0.5) is 0 Å². The maximum Gasteiger partial charge on any atom is 0.0483 e. The van der Waals surface area contributed by atoms with Gasteiger partial charge in [-0.15, -0.1) is 0 Å². The van der Waals surface area contributed by atoms with E-state index in [0.717, 1.165) is 25.6 Å². The zero-order valence-electron chi connectivity index (χ0n) is 13.3. The average Bonchev–Trinajstić information content (AvgIpc) is 2.77. The van der Waals surface area contributed by atoms with E-state index >= 15 is 0 Å². The minimum absolute atomic E-state index is 0.698. The maximum absolute atomic E-state index is 3.56. The van der Waals surface area contributed by atoms with Gasteiger partial charge in [0.05, 0.1) is 0 Å². The van der Waals surface area contributed by atoms with Gasteiger partial charge in [0, 0.05) is 30.2 Å². The summed E-state index contributed by atoms with van der Waals surface area (Å²) in [5.41, 5.74) is 2.79. The first-order valence-corrected chi connectivity index (χ1v) is 7.89. The van der Waals surface area contributed by atoms with Crippen LogP contribution in [0.15, 0.2) is 30.5 Å². The molecule has 2 aromatic rings. The highest BCUT2D eigenvalue weighted by Crippen LogP contribution is 2.22. The van der Waals surface area contributed by atoms with E-state index in [9.17, 15) is 0 Å². The molecule has 1 aromatic carbocycles. The van der Waals surface area contributed by atoms with Gasteiger partial charge in [-0.1, -0.05) is 52.3 Å². The summed E-state index contributed by atoms with van der Waals surface area (Å²) in [7, 11) is 0. The summed E-state index contributed by atoms with van der Waals surface area (Å²) in [6.07, 6.45) is 3.57. The van der Waals surface area contributed by atoms with E-state index < -0.39 is 0 Å². The second kappa shape index (κ2) is 6.94. The predicted molar refractivity (Wildman–Crippen MR) is 87.9 cm³/mol. The Morgan fingerprint density at radius 3 is 2.60 bits per heavy atom. The molecule has 1 atom stereocenters. The number of para-hydroxylation sites is 1. The fraction of sp³-hybridized carbons (Fsp3) is 0.556. The smallest absolute Gasteiger partial charge is 0.0483 e. The molecule has 0 radical (unpaired) electrons. The highest BCUT2D eigenvalue weighted by Gasteiger charge is 2.09. The summed E-state index contributed by atoms with van der Waals surface area (Å²) in [6, 6.07) is 8.77. The molecule has 0 fully saturated rings. The Morgan fingerprint density at radius 1 is 1.15 bits per heavy atom. The fourth-order valence-corrected chi connectivity index (χ4v) is 2.58. The van der Waals surface area contributed by atoms with Crippen molar-refractivity contribution in [3.05, 3.63) is 36.0 Å². The topological polar surface area (TPSA) is 17.0 Å². The Kier molecular flexibility index (Phi) is 5.24. The lowest BCUT2D eigenvalue weighted by atomic mass is 10.1. The molecule has 0 saturated heterocycles. The number of hydrogen-bond acceptors (Lipinski definition) is 1. The summed E-state index contributed by atoms with van der Waals surface area (Å²) >= 11 is 0. The molecule has 110 valence electrons. The number of hydrogen-bond donors (Lipinski definition) is 1. The van der Waals surface area contributed by atoms with Crippen LogP contribution in [-0.4, -0.2) is 11.1 Å². The minimum atomic E-state index is 0.698. The molecular weight excluding hydrogens is 244 g/mol. The quantitative estimate of drug-likeness (QED) is 0.789. The molecule has 2 heteroatoms. The van der Waals surface area contributed by atoms with E-state index in [1.165, 1.54) is 22.9 Å². The molecular formula is C18H28N2. The minimum Gasteiger partial charge on any atom is -0.347 e. The number of rotatable bonds is 7. The molecule has 0 bridgehead atoms. The summed E-state index contributed by atoms with van der Waals surface area (Å²) < 4.78 is 2.43. The van der Waals surface area contributed by atoms with Crippen molar-refractivity contribution in [3.63, 3.8) is 0 Å². The SMILES string of the molecule is CCC(C)Cn1cc(CNCC(C)C)c2ccccc21. The number of nitrogens with zero attached hydrogens (tertiary/aromatic N) is 1. The maximum atomic E-state index is 3.56. The lowest BCUT2D eigenvalue weighted by molar-refractivity contribution is 0.476. The van der Waals surface area contributed by atoms with Gasteiger partial charge < -0.3 is 9.88 Å². The summed E-state index contributed by atoms with van der Waals surface area (Å²) in [5, 5.41) is 4.96. The third kappa shape index (κ3) is 3.63. The molecule has 0 aliphatic carbocycles. The van der Waals surface area contributed by atoms with Crippen LogP contribution in [0, 0.1) is 11.8 Å². The van der Waals surface area contributed by atoms with Crippen LogP contribution in [0.25, 0.3) is 10.9 Å². The highest BCUT2D eigenvalue weighted by molar-refractivity contribution is 5.83. The first-order valence-electron chi connectivity index (χ1n) is 7.89. The predicted octanol–water partition coefficient (Wildman–Crippen LogP) is 4.43. The monoisotopic (exact) mass is 272 g/mol. The van der Waals surface area contributed by atoms with Crippen LogP contribution >= 0.6 is 0 Å². The van der Waals surface area contributed by atoms with Crippen molar-refractivity contribution >= 4 is 10.9 Å². The van der Waals surface area contributed by atoms with Gasteiger partial charge in [0.25, 0.3) is 0 Å². The largest absolute Gasteiger partial charge is 0.347 e.